The van der Waals surface area contributed by atoms with E-state index in [1.165, 1.54) is 11.1 Å². The molecule has 1 unspecified atom stereocenters. The minimum Gasteiger partial charge on any atom is -0.368 e. The third-order valence-corrected chi connectivity index (χ3v) is 4.17. The molecule has 1 atom stereocenters. The van der Waals surface area contributed by atoms with Crippen LogP contribution < -0.4 is 10.6 Å². The Morgan fingerprint density at radius 2 is 1.70 bits per heavy atom. The number of benzene rings is 2. The molecule has 1 aliphatic heterocycles. The highest BCUT2D eigenvalue weighted by Gasteiger charge is 2.23. The first-order valence-electron chi connectivity index (χ1n) is 7.98. The lowest BCUT2D eigenvalue weighted by molar-refractivity contribution is -0.124. The molecule has 1 saturated heterocycles. The van der Waals surface area contributed by atoms with Crippen LogP contribution in [0.5, 0.6) is 0 Å². The van der Waals surface area contributed by atoms with Gasteiger partial charge in [0.1, 0.15) is 6.10 Å². The maximum absolute atomic E-state index is 12.0. The van der Waals surface area contributed by atoms with Crippen molar-refractivity contribution in [2.45, 2.75) is 32.8 Å². The summed E-state index contributed by atoms with van der Waals surface area (Å²) in [6.07, 6.45) is 1.46. The third kappa shape index (κ3) is 3.90. The van der Waals surface area contributed by atoms with E-state index in [9.17, 15) is 4.79 Å². The molecule has 2 aromatic carbocycles. The second kappa shape index (κ2) is 6.84. The Balaban J connectivity index is 1.62. The minimum atomic E-state index is -0.302. The molecule has 23 heavy (non-hydrogen) atoms. The number of nitrogens with one attached hydrogen (secondary N) is 2. The Labute approximate surface area is 136 Å². The molecule has 1 amide bonds. The van der Waals surface area contributed by atoms with Crippen molar-refractivity contribution < 1.29 is 9.53 Å². The van der Waals surface area contributed by atoms with Gasteiger partial charge in [-0.2, -0.15) is 0 Å². The number of hydrogen-bond acceptors (Lipinski definition) is 3. The summed E-state index contributed by atoms with van der Waals surface area (Å²) in [5.74, 6) is -0.0580. The van der Waals surface area contributed by atoms with E-state index in [1.54, 1.807) is 0 Å². The Morgan fingerprint density at radius 1 is 1.00 bits per heavy atom. The maximum atomic E-state index is 12.0. The highest BCUT2D eigenvalue weighted by molar-refractivity contribution is 5.94. The van der Waals surface area contributed by atoms with E-state index in [0.29, 0.717) is 6.61 Å². The van der Waals surface area contributed by atoms with Crippen molar-refractivity contribution in [2.24, 2.45) is 0 Å². The lowest BCUT2D eigenvalue weighted by atomic mass is 10.1. The van der Waals surface area contributed by atoms with Crippen LogP contribution in [0.15, 0.2) is 42.5 Å². The second-order valence-electron chi connectivity index (χ2n) is 5.99. The van der Waals surface area contributed by atoms with Crippen molar-refractivity contribution in [3.8, 4) is 0 Å². The van der Waals surface area contributed by atoms with Gasteiger partial charge in [-0.15, -0.1) is 0 Å². The van der Waals surface area contributed by atoms with Crippen molar-refractivity contribution >= 4 is 23.0 Å². The van der Waals surface area contributed by atoms with Gasteiger partial charge in [-0.05, 0) is 74.2 Å². The van der Waals surface area contributed by atoms with E-state index in [2.05, 4.69) is 42.7 Å². The lowest BCUT2D eigenvalue weighted by Crippen LogP contribution is -2.26. The average Bonchev–Trinajstić information content (AvgIpc) is 3.07. The molecule has 0 radical (unpaired) electrons. The fraction of sp³-hybridized carbons (Fsp3) is 0.316. The van der Waals surface area contributed by atoms with Gasteiger partial charge in [0.2, 0.25) is 0 Å². The molecule has 0 spiro atoms. The molecular formula is C19H22N2O2. The Kier molecular flexibility index (Phi) is 4.63. The molecule has 4 heteroatoms. The third-order valence-electron chi connectivity index (χ3n) is 4.17. The molecule has 3 rings (SSSR count). The Hall–Kier alpha value is -2.33. The molecule has 1 aliphatic rings. The van der Waals surface area contributed by atoms with Gasteiger partial charge in [-0.3, -0.25) is 4.79 Å². The standard InChI is InChI=1S/C19H22N2O2/c1-13-5-6-17(12-14(13)2)20-15-7-9-16(10-8-15)21-19(22)18-4-3-11-23-18/h5-10,12,18,20H,3-4,11H2,1-2H3,(H,21,22). The number of amides is 1. The van der Waals surface area contributed by atoms with Gasteiger partial charge < -0.3 is 15.4 Å². The van der Waals surface area contributed by atoms with Gasteiger partial charge in [0.05, 0.1) is 0 Å². The first kappa shape index (κ1) is 15.6. The van der Waals surface area contributed by atoms with Crippen LogP contribution in [0.1, 0.15) is 24.0 Å². The maximum Gasteiger partial charge on any atom is 0.253 e. The molecular weight excluding hydrogens is 288 g/mol. The van der Waals surface area contributed by atoms with Crippen LogP contribution in [0.25, 0.3) is 0 Å². The van der Waals surface area contributed by atoms with Crippen LogP contribution in [-0.2, 0) is 9.53 Å². The summed E-state index contributed by atoms with van der Waals surface area (Å²) in [4.78, 5) is 12.0. The minimum absolute atomic E-state index is 0.0580. The number of aryl methyl sites for hydroxylation is 2. The van der Waals surface area contributed by atoms with Crippen molar-refractivity contribution in [3.05, 3.63) is 53.6 Å². The van der Waals surface area contributed by atoms with E-state index < -0.39 is 0 Å². The van der Waals surface area contributed by atoms with Crippen LogP contribution in [-0.4, -0.2) is 18.6 Å². The summed E-state index contributed by atoms with van der Waals surface area (Å²) < 4.78 is 5.39. The van der Waals surface area contributed by atoms with E-state index in [1.807, 2.05) is 24.3 Å². The molecule has 0 aliphatic carbocycles. The molecule has 0 saturated carbocycles. The highest BCUT2D eigenvalue weighted by Crippen LogP contribution is 2.22. The van der Waals surface area contributed by atoms with Gasteiger partial charge in [0.15, 0.2) is 0 Å². The largest absolute Gasteiger partial charge is 0.368 e. The molecule has 2 N–H and O–H groups in total. The smallest absolute Gasteiger partial charge is 0.253 e. The van der Waals surface area contributed by atoms with Crippen molar-refractivity contribution in [1.82, 2.24) is 0 Å². The van der Waals surface area contributed by atoms with Crippen LogP contribution in [0, 0.1) is 13.8 Å². The van der Waals surface area contributed by atoms with Crippen LogP contribution in [0.2, 0.25) is 0 Å². The number of rotatable bonds is 4. The predicted octanol–water partition coefficient (Wildman–Crippen LogP) is 4.16. The Morgan fingerprint density at radius 3 is 2.35 bits per heavy atom. The van der Waals surface area contributed by atoms with E-state index in [-0.39, 0.29) is 12.0 Å². The van der Waals surface area contributed by atoms with Gasteiger partial charge in [-0.25, -0.2) is 0 Å². The van der Waals surface area contributed by atoms with Gasteiger partial charge in [0, 0.05) is 23.7 Å². The van der Waals surface area contributed by atoms with Crippen LogP contribution in [0.4, 0.5) is 17.1 Å². The van der Waals surface area contributed by atoms with Crippen LogP contribution >= 0.6 is 0 Å². The molecule has 4 nitrogen and oxygen atoms in total. The van der Waals surface area contributed by atoms with Gasteiger partial charge in [-0.1, -0.05) is 6.07 Å². The van der Waals surface area contributed by atoms with Crippen LogP contribution in [0.3, 0.4) is 0 Å². The molecule has 1 heterocycles. The fourth-order valence-electron chi connectivity index (χ4n) is 2.63. The fourth-order valence-corrected chi connectivity index (χ4v) is 2.63. The SMILES string of the molecule is Cc1ccc(Nc2ccc(NC(=O)C3CCCO3)cc2)cc1C. The molecule has 1 fully saturated rings. The zero-order valence-electron chi connectivity index (χ0n) is 13.6. The number of carbonyl (C=O) groups is 1. The lowest BCUT2D eigenvalue weighted by Gasteiger charge is -2.12. The summed E-state index contributed by atoms with van der Waals surface area (Å²) in [7, 11) is 0. The van der Waals surface area contributed by atoms with E-state index in [0.717, 1.165) is 29.9 Å². The summed E-state index contributed by atoms with van der Waals surface area (Å²) in [6, 6.07) is 14.0. The number of ether oxygens (including phenoxy) is 1. The van der Waals surface area contributed by atoms with E-state index >= 15 is 0 Å². The average molecular weight is 310 g/mol. The predicted molar refractivity (Wildman–Crippen MR) is 93.2 cm³/mol. The summed E-state index contributed by atoms with van der Waals surface area (Å²) in [6.45, 7) is 4.88. The second-order valence-corrected chi connectivity index (χ2v) is 5.99. The quantitative estimate of drug-likeness (QED) is 0.891. The molecule has 2 aromatic rings. The number of hydrogen-bond donors (Lipinski definition) is 2. The van der Waals surface area contributed by atoms with Crippen molar-refractivity contribution in [3.63, 3.8) is 0 Å². The van der Waals surface area contributed by atoms with E-state index in [4.69, 9.17) is 4.74 Å². The van der Waals surface area contributed by atoms with Crippen molar-refractivity contribution in [2.75, 3.05) is 17.2 Å². The first-order valence-corrected chi connectivity index (χ1v) is 7.98. The summed E-state index contributed by atoms with van der Waals surface area (Å²) in [5, 5.41) is 6.27. The van der Waals surface area contributed by atoms with Crippen molar-refractivity contribution in [1.29, 1.82) is 0 Å². The molecule has 0 bridgehead atoms. The molecule has 120 valence electrons. The van der Waals surface area contributed by atoms with Gasteiger partial charge in [0.25, 0.3) is 5.91 Å². The topological polar surface area (TPSA) is 50.4 Å². The summed E-state index contributed by atoms with van der Waals surface area (Å²) in [5.41, 5.74) is 5.38. The number of carbonyl (C=O) groups excluding carboxylic acids is 1. The molecule has 0 aromatic heterocycles. The highest BCUT2D eigenvalue weighted by atomic mass is 16.5. The monoisotopic (exact) mass is 310 g/mol. The number of anilines is 3. The normalized spacial score (nSPS) is 17.0. The first-order chi connectivity index (χ1) is 11.1. The van der Waals surface area contributed by atoms with Gasteiger partial charge >= 0.3 is 0 Å². The Bertz CT molecular complexity index is 689. The summed E-state index contributed by atoms with van der Waals surface area (Å²) >= 11 is 0. The zero-order valence-corrected chi connectivity index (χ0v) is 13.6. The zero-order chi connectivity index (χ0) is 16.2.